The van der Waals surface area contributed by atoms with Gasteiger partial charge in [-0.25, -0.2) is 4.79 Å². The topological polar surface area (TPSA) is 82.1 Å². The van der Waals surface area contributed by atoms with Crippen LogP contribution >= 0.6 is 0 Å². The smallest absolute Gasteiger partial charge is 0.338 e. The van der Waals surface area contributed by atoms with Crippen molar-refractivity contribution >= 4 is 11.9 Å². The van der Waals surface area contributed by atoms with Crippen LogP contribution in [0.4, 0.5) is 0 Å². The molecule has 6 nitrogen and oxygen atoms in total. The van der Waals surface area contributed by atoms with Gasteiger partial charge in [-0.2, -0.15) is 0 Å². The van der Waals surface area contributed by atoms with Gasteiger partial charge in [0.15, 0.2) is 23.0 Å². The summed E-state index contributed by atoms with van der Waals surface area (Å²) in [4.78, 5) is 24.3. The number of rotatable bonds is 5. The van der Waals surface area contributed by atoms with E-state index in [-0.39, 0.29) is 34.3 Å². The molecule has 0 heterocycles. The Morgan fingerprint density at radius 1 is 1.00 bits per heavy atom. The number of esters is 2. The van der Waals surface area contributed by atoms with E-state index in [0.717, 1.165) is 0 Å². The van der Waals surface area contributed by atoms with E-state index in [1.165, 1.54) is 13.0 Å². The van der Waals surface area contributed by atoms with Crippen LogP contribution in [0.15, 0.2) is 42.5 Å². The molecule has 0 unspecified atom stereocenters. The number of hydrogen-bond donors (Lipinski definition) is 1. The number of phenolic OH excluding ortho intramolecular Hbond substituents is 1. The summed E-state index contributed by atoms with van der Waals surface area (Å²) < 4.78 is 16.8. The molecule has 0 fully saturated rings. The van der Waals surface area contributed by atoms with Crippen LogP contribution in [0.2, 0.25) is 0 Å². The fourth-order valence-electron chi connectivity index (χ4n) is 2.28. The lowest BCUT2D eigenvalue weighted by atomic mass is 9.97. The van der Waals surface area contributed by atoms with E-state index >= 15 is 0 Å². The van der Waals surface area contributed by atoms with Gasteiger partial charge in [0.25, 0.3) is 0 Å². The van der Waals surface area contributed by atoms with Crippen LogP contribution < -0.4 is 14.2 Å². The van der Waals surface area contributed by atoms with Crippen LogP contribution in [0.5, 0.6) is 28.7 Å². The highest BCUT2D eigenvalue weighted by Gasteiger charge is 2.26. The Kier molecular flexibility index (Phi) is 6.37. The molecule has 2 rings (SSSR count). The number of aryl methyl sites for hydroxylation is 2. The van der Waals surface area contributed by atoms with Crippen LogP contribution in [0.3, 0.4) is 0 Å². The largest absolute Gasteiger partial charge is 0.504 e. The Balaban J connectivity index is 2.50. The van der Waals surface area contributed by atoms with E-state index in [0.29, 0.717) is 11.1 Å². The highest BCUT2D eigenvalue weighted by atomic mass is 16.6. The summed E-state index contributed by atoms with van der Waals surface area (Å²) in [5.41, 5.74) is 0.855. The van der Waals surface area contributed by atoms with Gasteiger partial charge in [-0.3, -0.25) is 4.79 Å². The highest BCUT2D eigenvalue weighted by Crippen LogP contribution is 2.44. The molecule has 2 aromatic carbocycles. The van der Waals surface area contributed by atoms with E-state index < -0.39 is 17.4 Å². The Labute approximate surface area is 170 Å². The molecule has 0 aliphatic heterocycles. The predicted octanol–water partition coefficient (Wildman–Crippen LogP) is 5.23. The summed E-state index contributed by atoms with van der Waals surface area (Å²) in [5, 5.41) is 10.3. The molecule has 2 aromatic rings. The van der Waals surface area contributed by atoms with Crippen LogP contribution in [0.1, 0.15) is 38.8 Å². The summed E-state index contributed by atoms with van der Waals surface area (Å²) in [5.74, 6) is -0.895. The fraction of sp³-hybridized carbons (Fsp3) is 0.304. The quantitative estimate of drug-likeness (QED) is 0.422. The second-order valence-corrected chi connectivity index (χ2v) is 7.92. The minimum Gasteiger partial charge on any atom is -0.504 e. The average molecular weight is 398 g/mol. The maximum Gasteiger partial charge on any atom is 0.338 e. The fourth-order valence-corrected chi connectivity index (χ4v) is 2.28. The van der Waals surface area contributed by atoms with Gasteiger partial charge in [0.2, 0.25) is 5.75 Å². The number of carbonyl (C=O) groups excluding carboxylic acids is 2. The maximum atomic E-state index is 12.3. The first kappa shape index (κ1) is 22.0. The summed E-state index contributed by atoms with van der Waals surface area (Å²) >= 11 is 0. The van der Waals surface area contributed by atoms with E-state index in [9.17, 15) is 14.7 Å². The Hall–Kier alpha value is -3.28. The lowest BCUT2D eigenvalue weighted by Gasteiger charge is -2.20. The van der Waals surface area contributed by atoms with E-state index in [2.05, 4.69) is 6.58 Å². The van der Waals surface area contributed by atoms with Crippen LogP contribution in [0.25, 0.3) is 0 Å². The molecule has 0 saturated heterocycles. The first-order chi connectivity index (χ1) is 13.4. The normalized spacial score (nSPS) is 11.0. The van der Waals surface area contributed by atoms with Crippen molar-refractivity contribution in [3.05, 3.63) is 53.6 Å². The molecule has 0 aliphatic carbocycles. The molecule has 154 valence electrons. The Bertz CT molecular complexity index is 966. The molecule has 29 heavy (non-hydrogen) atoms. The van der Waals surface area contributed by atoms with Crippen molar-refractivity contribution in [2.45, 2.75) is 41.5 Å². The zero-order chi connectivity index (χ0) is 21.9. The molecule has 0 spiro atoms. The van der Waals surface area contributed by atoms with E-state index in [4.69, 9.17) is 14.2 Å². The van der Waals surface area contributed by atoms with E-state index in [1.54, 1.807) is 58.9 Å². The van der Waals surface area contributed by atoms with Gasteiger partial charge in [-0.1, -0.05) is 18.7 Å². The summed E-state index contributed by atoms with van der Waals surface area (Å²) in [7, 11) is 0. The Morgan fingerprint density at radius 3 is 2.24 bits per heavy atom. The lowest BCUT2D eigenvalue weighted by molar-refractivity contribution is -0.143. The number of ether oxygens (including phenoxy) is 3. The zero-order valence-corrected chi connectivity index (χ0v) is 17.6. The van der Waals surface area contributed by atoms with Crippen molar-refractivity contribution in [3.8, 4) is 28.7 Å². The van der Waals surface area contributed by atoms with Gasteiger partial charge in [0, 0.05) is 5.57 Å². The van der Waals surface area contributed by atoms with Crippen molar-refractivity contribution in [2.75, 3.05) is 0 Å². The summed E-state index contributed by atoms with van der Waals surface area (Å²) in [6.45, 7) is 13.8. The first-order valence-electron chi connectivity index (χ1n) is 9.11. The molecule has 0 bridgehead atoms. The summed E-state index contributed by atoms with van der Waals surface area (Å²) in [6.07, 6.45) is 0. The minimum atomic E-state index is -0.704. The van der Waals surface area contributed by atoms with Gasteiger partial charge in [-0.15, -0.1) is 0 Å². The minimum absolute atomic E-state index is 0.111. The van der Waals surface area contributed by atoms with Crippen molar-refractivity contribution in [1.29, 1.82) is 0 Å². The van der Waals surface area contributed by atoms with Crippen LogP contribution in [0, 0.1) is 19.3 Å². The number of para-hydroxylation sites is 1. The number of benzene rings is 2. The van der Waals surface area contributed by atoms with Gasteiger partial charge >= 0.3 is 11.9 Å². The maximum absolute atomic E-state index is 12.3. The molecular formula is C23H26O6. The van der Waals surface area contributed by atoms with Crippen molar-refractivity contribution in [2.24, 2.45) is 5.41 Å². The second kappa shape index (κ2) is 8.39. The molecule has 0 aliphatic rings. The number of aromatic hydroxyl groups is 1. The molecule has 0 amide bonds. The number of hydrogen-bond acceptors (Lipinski definition) is 6. The average Bonchev–Trinajstić information content (AvgIpc) is 2.59. The molecule has 0 aromatic heterocycles. The van der Waals surface area contributed by atoms with Crippen molar-refractivity contribution in [1.82, 2.24) is 0 Å². The number of carbonyl (C=O) groups is 2. The summed E-state index contributed by atoms with van der Waals surface area (Å²) in [6, 6.07) is 8.21. The predicted molar refractivity (Wildman–Crippen MR) is 110 cm³/mol. The van der Waals surface area contributed by atoms with Crippen LogP contribution in [-0.4, -0.2) is 17.0 Å². The monoisotopic (exact) mass is 398 g/mol. The SMILES string of the molecule is C=C(C)C(=O)Oc1c(O)cc(C)cc1Oc1c(C)cccc1OC(=O)C(C)(C)C. The molecule has 1 N–H and O–H groups in total. The van der Waals surface area contributed by atoms with Gasteiger partial charge in [0.05, 0.1) is 5.41 Å². The molecule has 0 radical (unpaired) electrons. The van der Waals surface area contributed by atoms with E-state index in [1.807, 2.05) is 0 Å². The van der Waals surface area contributed by atoms with Gasteiger partial charge < -0.3 is 19.3 Å². The lowest BCUT2D eigenvalue weighted by Crippen LogP contribution is -2.25. The standard InChI is InChI=1S/C23H26O6/c1-13(2)21(25)29-20-16(24)11-14(3)12-18(20)27-19-15(4)9-8-10-17(19)28-22(26)23(5,6)7/h8-12,24H,1H2,2-7H3. The first-order valence-corrected chi connectivity index (χ1v) is 9.11. The highest BCUT2D eigenvalue weighted by molar-refractivity contribution is 5.89. The van der Waals surface area contributed by atoms with Crippen LogP contribution in [-0.2, 0) is 9.59 Å². The Morgan fingerprint density at radius 2 is 1.66 bits per heavy atom. The van der Waals surface area contributed by atoms with Crippen molar-refractivity contribution < 1.29 is 28.9 Å². The third kappa shape index (κ3) is 5.38. The van der Waals surface area contributed by atoms with Crippen molar-refractivity contribution in [3.63, 3.8) is 0 Å². The number of phenols is 1. The zero-order valence-electron chi connectivity index (χ0n) is 17.6. The molecule has 6 heteroatoms. The third-order valence-electron chi connectivity index (χ3n) is 3.93. The van der Waals surface area contributed by atoms with Gasteiger partial charge in [-0.05, 0) is 70.9 Å². The molecule has 0 atom stereocenters. The second-order valence-electron chi connectivity index (χ2n) is 7.92. The molecular weight excluding hydrogens is 372 g/mol. The molecule has 0 saturated carbocycles. The third-order valence-corrected chi connectivity index (χ3v) is 3.93. The van der Waals surface area contributed by atoms with Gasteiger partial charge in [0.1, 0.15) is 0 Å².